The van der Waals surface area contributed by atoms with Crippen LogP contribution in [0.25, 0.3) is 0 Å². The first kappa shape index (κ1) is 22.1. The normalized spacial score (nSPS) is 16.8. The van der Waals surface area contributed by atoms with Crippen molar-refractivity contribution in [3.63, 3.8) is 0 Å². The molecule has 2 aliphatic heterocycles. The van der Waals surface area contributed by atoms with Gasteiger partial charge in [-0.15, -0.1) is 0 Å². The monoisotopic (exact) mass is 435 g/mol. The van der Waals surface area contributed by atoms with Crippen molar-refractivity contribution in [3.05, 3.63) is 60.2 Å². The van der Waals surface area contributed by atoms with Gasteiger partial charge < -0.3 is 25.8 Å². The summed E-state index contributed by atoms with van der Waals surface area (Å²) in [6.45, 7) is 5.19. The maximum Gasteiger partial charge on any atom is 0.317 e. The lowest BCUT2D eigenvalue weighted by Crippen LogP contribution is -2.45. The number of piperidine rings is 1. The van der Waals surface area contributed by atoms with Crippen molar-refractivity contribution in [2.24, 2.45) is 0 Å². The number of carbonyl (C=O) groups is 2. The fraction of sp³-hybridized carbons (Fsp3) is 0.440. The van der Waals surface area contributed by atoms with Gasteiger partial charge >= 0.3 is 6.03 Å². The number of nitrogens with zero attached hydrogens (tertiary/aromatic N) is 2. The maximum absolute atomic E-state index is 12.2. The Morgan fingerprint density at radius 3 is 2.44 bits per heavy atom. The summed E-state index contributed by atoms with van der Waals surface area (Å²) in [6, 6.07) is 18.8. The fourth-order valence-corrected chi connectivity index (χ4v) is 4.35. The van der Waals surface area contributed by atoms with Crippen molar-refractivity contribution in [2.45, 2.75) is 31.7 Å². The van der Waals surface area contributed by atoms with Crippen molar-refractivity contribution in [1.82, 2.24) is 15.5 Å². The summed E-state index contributed by atoms with van der Waals surface area (Å²) in [7, 11) is 0. The van der Waals surface area contributed by atoms with E-state index in [1.54, 1.807) is 0 Å². The van der Waals surface area contributed by atoms with Crippen LogP contribution in [0.4, 0.5) is 16.2 Å². The lowest BCUT2D eigenvalue weighted by Gasteiger charge is -2.34. The zero-order valence-corrected chi connectivity index (χ0v) is 18.6. The quantitative estimate of drug-likeness (QED) is 0.566. The Morgan fingerprint density at radius 2 is 1.75 bits per heavy atom. The van der Waals surface area contributed by atoms with E-state index in [-0.39, 0.29) is 11.9 Å². The summed E-state index contributed by atoms with van der Waals surface area (Å²) >= 11 is 0. The Labute approximate surface area is 190 Å². The van der Waals surface area contributed by atoms with E-state index in [1.165, 1.54) is 11.3 Å². The van der Waals surface area contributed by atoms with Crippen LogP contribution in [0.3, 0.4) is 0 Å². The smallest absolute Gasteiger partial charge is 0.317 e. The Hall–Kier alpha value is -3.06. The van der Waals surface area contributed by atoms with Crippen LogP contribution in [0, 0.1) is 0 Å². The number of urea groups is 1. The summed E-state index contributed by atoms with van der Waals surface area (Å²) in [4.78, 5) is 28.1. The molecule has 7 nitrogen and oxygen atoms in total. The topological polar surface area (TPSA) is 76.7 Å². The molecular formula is C25H33N5O2. The number of amides is 3. The van der Waals surface area contributed by atoms with E-state index in [0.29, 0.717) is 12.5 Å². The molecule has 0 spiro atoms. The van der Waals surface area contributed by atoms with Crippen molar-refractivity contribution >= 4 is 23.3 Å². The van der Waals surface area contributed by atoms with E-state index < -0.39 is 0 Å². The predicted molar refractivity (Wildman–Crippen MR) is 128 cm³/mol. The summed E-state index contributed by atoms with van der Waals surface area (Å²) < 4.78 is 0. The van der Waals surface area contributed by atoms with E-state index in [4.69, 9.17) is 0 Å². The fourth-order valence-electron chi connectivity index (χ4n) is 4.35. The zero-order chi connectivity index (χ0) is 22.2. The second-order valence-electron chi connectivity index (χ2n) is 8.52. The van der Waals surface area contributed by atoms with E-state index in [0.717, 1.165) is 64.2 Å². The van der Waals surface area contributed by atoms with Crippen molar-refractivity contribution in [1.29, 1.82) is 0 Å². The number of benzene rings is 2. The minimum atomic E-state index is 0.0416. The third-order valence-electron chi connectivity index (χ3n) is 6.25. The van der Waals surface area contributed by atoms with Crippen molar-refractivity contribution in [3.8, 4) is 0 Å². The molecule has 4 rings (SSSR count). The molecular weight excluding hydrogens is 402 g/mol. The van der Waals surface area contributed by atoms with E-state index in [2.05, 4.69) is 33.0 Å². The summed E-state index contributed by atoms with van der Waals surface area (Å²) in [5.74, 6) is 0.0416. The number of rotatable bonds is 9. The van der Waals surface area contributed by atoms with Crippen LogP contribution in [-0.2, 0) is 11.2 Å². The summed E-state index contributed by atoms with van der Waals surface area (Å²) in [5.41, 5.74) is 3.21. The molecule has 0 aromatic heterocycles. The van der Waals surface area contributed by atoms with Crippen LogP contribution in [0.2, 0.25) is 0 Å². The Morgan fingerprint density at radius 1 is 1.00 bits per heavy atom. The highest BCUT2D eigenvalue weighted by Crippen LogP contribution is 2.22. The number of anilines is 2. The van der Waals surface area contributed by atoms with Crippen molar-refractivity contribution in [2.75, 3.05) is 49.5 Å². The van der Waals surface area contributed by atoms with Crippen LogP contribution in [-0.4, -0.2) is 62.1 Å². The Kier molecular flexibility index (Phi) is 7.61. The minimum Gasteiger partial charge on any atom is -0.371 e. The first-order valence-electron chi connectivity index (χ1n) is 11.6. The van der Waals surface area contributed by atoms with Gasteiger partial charge in [-0.2, -0.15) is 0 Å². The number of hydrogen-bond acceptors (Lipinski definition) is 4. The van der Waals surface area contributed by atoms with Gasteiger partial charge in [-0.05, 0) is 49.1 Å². The van der Waals surface area contributed by atoms with E-state index in [1.807, 2.05) is 47.4 Å². The van der Waals surface area contributed by atoms with Crippen LogP contribution in [0.1, 0.15) is 24.8 Å². The SMILES string of the molecule is O=C(CCc1ccccc1)Nc1ccc(N2CCC(NCCN3CCNC3=O)CC2)cc1. The molecule has 2 saturated heterocycles. The molecule has 2 aromatic carbocycles. The molecule has 0 aliphatic carbocycles. The molecule has 2 aliphatic rings. The first-order chi connectivity index (χ1) is 15.7. The third-order valence-corrected chi connectivity index (χ3v) is 6.25. The maximum atomic E-state index is 12.2. The van der Waals surface area contributed by atoms with Gasteiger partial charge in [-0.25, -0.2) is 4.79 Å². The number of nitrogens with one attached hydrogen (secondary N) is 3. The molecule has 0 atom stereocenters. The van der Waals surface area contributed by atoms with Crippen LogP contribution in [0.15, 0.2) is 54.6 Å². The molecule has 0 unspecified atom stereocenters. The number of hydrogen-bond donors (Lipinski definition) is 3. The predicted octanol–water partition coefficient (Wildman–Crippen LogP) is 2.84. The summed E-state index contributed by atoms with van der Waals surface area (Å²) in [6.07, 6.45) is 3.40. The second kappa shape index (κ2) is 11.0. The highest BCUT2D eigenvalue weighted by molar-refractivity contribution is 5.91. The second-order valence-corrected chi connectivity index (χ2v) is 8.52. The van der Waals surface area contributed by atoms with Gasteiger partial charge in [0.15, 0.2) is 0 Å². The molecule has 0 bridgehead atoms. The number of carbonyl (C=O) groups excluding carboxylic acids is 2. The lowest BCUT2D eigenvalue weighted by molar-refractivity contribution is -0.116. The molecule has 7 heteroatoms. The van der Waals surface area contributed by atoms with Crippen LogP contribution in [0.5, 0.6) is 0 Å². The van der Waals surface area contributed by atoms with Gasteiger partial charge in [0.2, 0.25) is 5.91 Å². The molecule has 2 fully saturated rings. The molecule has 3 amide bonds. The minimum absolute atomic E-state index is 0.0416. The van der Waals surface area contributed by atoms with Gasteiger partial charge in [-0.1, -0.05) is 30.3 Å². The molecule has 2 heterocycles. The Bertz CT molecular complexity index is 879. The highest BCUT2D eigenvalue weighted by Gasteiger charge is 2.21. The average molecular weight is 436 g/mol. The van der Waals surface area contributed by atoms with Crippen LogP contribution < -0.4 is 20.9 Å². The zero-order valence-electron chi connectivity index (χ0n) is 18.6. The molecule has 2 aromatic rings. The number of aryl methyl sites for hydroxylation is 1. The highest BCUT2D eigenvalue weighted by atomic mass is 16.2. The molecule has 170 valence electrons. The van der Waals surface area contributed by atoms with Gasteiger partial charge in [0.05, 0.1) is 0 Å². The van der Waals surface area contributed by atoms with Gasteiger partial charge in [0.25, 0.3) is 0 Å². The standard InChI is InChI=1S/C25H33N5O2/c31-24(11-6-20-4-2-1-3-5-20)28-22-7-9-23(10-8-22)29-16-12-21(13-17-29)26-14-18-30-19-15-27-25(30)32/h1-5,7-10,21,26H,6,11-19H2,(H,27,32)(H,28,31). The van der Waals surface area contributed by atoms with Gasteiger partial charge in [0.1, 0.15) is 0 Å². The largest absolute Gasteiger partial charge is 0.371 e. The van der Waals surface area contributed by atoms with E-state index in [9.17, 15) is 9.59 Å². The average Bonchev–Trinajstić information content (AvgIpc) is 3.24. The Balaban J connectivity index is 1.16. The van der Waals surface area contributed by atoms with Gasteiger partial charge in [-0.3, -0.25) is 4.79 Å². The molecule has 32 heavy (non-hydrogen) atoms. The van der Waals surface area contributed by atoms with Crippen LogP contribution >= 0.6 is 0 Å². The molecule has 0 saturated carbocycles. The molecule has 3 N–H and O–H groups in total. The summed E-state index contributed by atoms with van der Waals surface area (Å²) in [5, 5.41) is 9.44. The van der Waals surface area contributed by atoms with Crippen molar-refractivity contribution < 1.29 is 9.59 Å². The molecule has 0 radical (unpaired) electrons. The lowest BCUT2D eigenvalue weighted by atomic mass is 10.0. The van der Waals surface area contributed by atoms with E-state index >= 15 is 0 Å². The third kappa shape index (κ3) is 6.23. The first-order valence-corrected chi connectivity index (χ1v) is 11.6. The van der Waals surface area contributed by atoms with Gasteiger partial charge in [0, 0.05) is 63.1 Å².